The van der Waals surface area contributed by atoms with Crippen LogP contribution in [0.1, 0.15) is 12.8 Å². The molecular weight excluding hydrogens is 168 g/mol. The zero-order valence-electron chi connectivity index (χ0n) is 7.44. The highest BCUT2D eigenvalue weighted by molar-refractivity contribution is 5.31. The van der Waals surface area contributed by atoms with Gasteiger partial charge < -0.3 is 14.9 Å². The molecule has 0 saturated carbocycles. The fraction of sp³-hybridized carbons (Fsp3) is 0.400. The molecule has 1 aromatic rings. The topological polar surface area (TPSA) is 49.7 Å². The Morgan fingerprint density at radius 3 is 2.77 bits per heavy atom. The van der Waals surface area contributed by atoms with Crippen molar-refractivity contribution in [2.75, 3.05) is 13.2 Å². The fourth-order valence-electron chi connectivity index (χ4n) is 0.977. The molecule has 72 valence electrons. The lowest BCUT2D eigenvalue weighted by atomic mass is 10.3. The zero-order chi connectivity index (χ0) is 9.52. The van der Waals surface area contributed by atoms with E-state index in [0.717, 1.165) is 12.8 Å². The number of aliphatic hydroxyl groups excluding tert-OH is 1. The molecular formula is C10H14O3. The van der Waals surface area contributed by atoms with Gasteiger partial charge in [-0.3, -0.25) is 0 Å². The number of phenolic OH excluding ortho intramolecular Hbond substituents is 1. The van der Waals surface area contributed by atoms with Gasteiger partial charge in [0.05, 0.1) is 6.61 Å². The molecule has 0 heterocycles. The first kappa shape index (κ1) is 9.86. The standard InChI is InChI=1S/C10H14O3/c11-6-1-2-7-13-10-5-3-4-9(12)8-10/h3-5,8,11-12H,1-2,6-7H2. The van der Waals surface area contributed by atoms with E-state index in [9.17, 15) is 0 Å². The van der Waals surface area contributed by atoms with Gasteiger partial charge in [-0.25, -0.2) is 0 Å². The summed E-state index contributed by atoms with van der Waals surface area (Å²) in [7, 11) is 0. The van der Waals surface area contributed by atoms with Gasteiger partial charge in [0.1, 0.15) is 11.5 Å². The Morgan fingerprint density at radius 1 is 1.23 bits per heavy atom. The Hall–Kier alpha value is -1.22. The molecule has 0 amide bonds. The average molecular weight is 182 g/mol. The van der Waals surface area contributed by atoms with Crippen molar-refractivity contribution in [3.8, 4) is 11.5 Å². The molecule has 0 atom stereocenters. The number of ether oxygens (including phenoxy) is 1. The number of unbranched alkanes of at least 4 members (excludes halogenated alkanes) is 1. The third-order valence-electron chi connectivity index (χ3n) is 1.64. The number of benzene rings is 1. The highest BCUT2D eigenvalue weighted by atomic mass is 16.5. The monoisotopic (exact) mass is 182 g/mol. The Morgan fingerprint density at radius 2 is 2.08 bits per heavy atom. The fourth-order valence-corrected chi connectivity index (χ4v) is 0.977. The number of aliphatic hydroxyl groups is 1. The first-order valence-corrected chi connectivity index (χ1v) is 4.35. The lowest BCUT2D eigenvalue weighted by molar-refractivity contribution is 0.252. The van der Waals surface area contributed by atoms with E-state index in [1.165, 1.54) is 0 Å². The van der Waals surface area contributed by atoms with E-state index >= 15 is 0 Å². The number of rotatable bonds is 5. The maximum Gasteiger partial charge on any atom is 0.122 e. The predicted molar refractivity (Wildman–Crippen MR) is 49.9 cm³/mol. The summed E-state index contributed by atoms with van der Waals surface area (Å²) in [6, 6.07) is 6.69. The maximum atomic E-state index is 9.10. The molecule has 0 aromatic heterocycles. The molecule has 1 aromatic carbocycles. The summed E-state index contributed by atoms with van der Waals surface area (Å²) in [6.45, 7) is 0.771. The van der Waals surface area contributed by atoms with Crippen LogP contribution in [0.25, 0.3) is 0 Å². The lowest BCUT2D eigenvalue weighted by Crippen LogP contribution is -1.98. The molecule has 0 aliphatic rings. The average Bonchev–Trinajstić information content (AvgIpc) is 2.13. The van der Waals surface area contributed by atoms with Crippen LogP contribution in [0.3, 0.4) is 0 Å². The van der Waals surface area contributed by atoms with Crippen molar-refractivity contribution in [3.05, 3.63) is 24.3 Å². The van der Waals surface area contributed by atoms with Crippen molar-refractivity contribution in [2.45, 2.75) is 12.8 Å². The molecule has 13 heavy (non-hydrogen) atoms. The summed E-state index contributed by atoms with van der Waals surface area (Å²) in [5.74, 6) is 0.873. The van der Waals surface area contributed by atoms with E-state index in [-0.39, 0.29) is 12.4 Å². The van der Waals surface area contributed by atoms with Crippen molar-refractivity contribution in [3.63, 3.8) is 0 Å². The Bertz CT molecular complexity index is 248. The highest BCUT2D eigenvalue weighted by Gasteiger charge is 1.94. The van der Waals surface area contributed by atoms with Crippen LogP contribution in [-0.2, 0) is 0 Å². The molecule has 0 unspecified atom stereocenters. The van der Waals surface area contributed by atoms with Crippen LogP contribution < -0.4 is 4.74 Å². The number of phenols is 1. The second kappa shape index (κ2) is 5.43. The van der Waals surface area contributed by atoms with Crippen LogP contribution in [-0.4, -0.2) is 23.4 Å². The van der Waals surface area contributed by atoms with Gasteiger partial charge in [-0.1, -0.05) is 6.07 Å². The van der Waals surface area contributed by atoms with Crippen molar-refractivity contribution in [1.82, 2.24) is 0 Å². The Balaban J connectivity index is 2.28. The number of aromatic hydroxyl groups is 1. The first-order chi connectivity index (χ1) is 6.33. The van der Waals surface area contributed by atoms with E-state index in [1.54, 1.807) is 24.3 Å². The van der Waals surface area contributed by atoms with Crippen LogP contribution in [0.5, 0.6) is 11.5 Å². The summed E-state index contributed by atoms with van der Waals surface area (Å²) in [5, 5.41) is 17.6. The number of hydrogen-bond donors (Lipinski definition) is 2. The summed E-state index contributed by atoms with van der Waals surface area (Å²) in [4.78, 5) is 0. The summed E-state index contributed by atoms with van der Waals surface area (Å²) in [6.07, 6.45) is 1.57. The molecule has 0 fully saturated rings. The molecule has 2 N–H and O–H groups in total. The number of hydrogen-bond acceptors (Lipinski definition) is 3. The summed E-state index contributed by atoms with van der Waals surface area (Å²) in [5.41, 5.74) is 0. The van der Waals surface area contributed by atoms with E-state index < -0.39 is 0 Å². The maximum absolute atomic E-state index is 9.10. The largest absolute Gasteiger partial charge is 0.508 e. The van der Waals surface area contributed by atoms with Gasteiger partial charge in [0.15, 0.2) is 0 Å². The third kappa shape index (κ3) is 3.80. The zero-order valence-corrected chi connectivity index (χ0v) is 7.44. The molecule has 3 heteroatoms. The highest BCUT2D eigenvalue weighted by Crippen LogP contribution is 2.17. The molecule has 0 spiro atoms. The van der Waals surface area contributed by atoms with E-state index in [2.05, 4.69) is 0 Å². The normalized spacial score (nSPS) is 9.92. The smallest absolute Gasteiger partial charge is 0.122 e. The van der Waals surface area contributed by atoms with Gasteiger partial charge in [-0.2, -0.15) is 0 Å². The third-order valence-corrected chi connectivity index (χ3v) is 1.64. The van der Waals surface area contributed by atoms with Gasteiger partial charge in [0.25, 0.3) is 0 Å². The van der Waals surface area contributed by atoms with E-state index in [4.69, 9.17) is 14.9 Å². The second-order valence-corrected chi connectivity index (χ2v) is 2.78. The van der Waals surface area contributed by atoms with Gasteiger partial charge in [0, 0.05) is 12.7 Å². The van der Waals surface area contributed by atoms with Crippen LogP contribution in [0.2, 0.25) is 0 Å². The summed E-state index contributed by atoms with van der Waals surface area (Å²) >= 11 is 0. The minimum absolute atomic E-state index is 0.198. The molecule has 1 rings (SSSR count). The second-order valence-electron chi connectivity index (χ2n) is 2.78. The SMILES string of the molecule is OCCCCOc1cccc(O)c1. The first-order valence-electron chi connectivity index (χ1n) is 4.35. The Kier molecular flexibility index (Phi) is 4.12. The minimum atomic E-state index is 0.198. The van der Waals surface area contributed by atoms with Gasteiger partial charge in [-0.15, -0.1) is 0 Å². The van der Waals surface area contributed by atoms with Crippen LogP contribution in [0.15, 0.2) is 24.3 Å². The molecule has 3 nitrogen and oxygen atoms in total. The van der Waals surface area contributed by atoms with E-state index in [1.807, 2.05) is 0 Å². The minimum Gasteiger partial charge on any atom is -0.508 e. The van der Waals surface area contributed by atoms with Crippen LogP contribution >= 0.6 is 0 Å². The van der Waals surface area contributed by atoms with Crippen molar-refractivity contribution in [2.24, 2.45) is 0 Å². The van der Waals surface area contributed by atoms with Gasteiger partial charge in [-0.05, 0) is 25.0 Å². The van der Waals surface area contributed by atoms with Gasteiger partial charge >= 0.3 is 0 Å². The van der Waals surface area contributed by atoms with Gasteiger partial charge in [0.2, 0.25) is 0 Å². The molecule has 0 radical (unpaired) electrons. The summed E-state index contributed by atoms with van der Waals surface area (Å²) < 4.78 is 5.32. The quantitative estimate of drug-likeness (QED) is 0.679. The Labute approximate surface area is 77.6 Å². The molecule has 0 aliphatic carbocycles. The van der Waals surface area contributed by atoms with Crippen LogP contribution in [0, 0.1) is 0 Å². The van der Waals surface area contributed by atoms with Crippen molar-refractivity contribution in [1.29, 1.82) is 0 Å². The molecule has 0 aliphatic heterocycles. The lowest BCUT2D eigenvalue weighted by Gasteiger charge is -2.04. The predicted octanol–water partition coefficient (Wildman–Crippen LogP) is 1.54. The van der Waals surface area contributed by atoms with Crippen molar-refractivity contribution >= 4 is 0 Å². The molecule has 0 bridgehead atoms. The molecule has 0 saturated heterocycles. The van der Waals surface area contributed by atoms with Crippen LogP contribution in [0.4, 0.5) is 0 Å². The van der Waals surface area contributed by atoms with Crippen molar-refractivity contribution < 1.29 is 14.9 Å². The van der Waals surface area contributed by atoms with E-state index in [0.29, 0.717) is 12.4 Å².